The van der Waals surface area contributed by atoms with Gasteiger partial charge in [-0.15, -0.1) is 0 Å². The number of pyridine rings is 1. The first-order valence-electron chi connectivity index (χ1n) is 3.89. The monoisotopic (exact) mass is 270 g/mol. The summed E-state index contributed by atoms with van der Waals surface area (Å²) in [5.74, 6) is 0. The Balaban J connectivity index is 0.000000791. The average Bonchev–Trinajstić information content (AvgIpc) is 2.11. The van der Waals surface area contributed by atoms with E-state index in [0.29, 0.717) is 4.47 Å². The molecule has 0 saturated carbocycles. The second-order valence-electron chi connectivity index (χ2n) is 2.09. The number of aromatic nitrogens is 1. The maximum absolute atomic E-state index is 12.0. The fourth-order valence-corrected chi connectivity index (χ4v) is 0.826. The lowest BCUT2D eigenvalue weighted by Gasteiger charge is -2.06. The van der Waals surface area contributed by atoms with Crippen LogP contribution in [-0.2, 0) is 6.18 Å². The highest BCUT2D eigenvalue weighted by molar-refractivity contribution is 9.10. The Kier molecular flexibility index (Phi) is 4.90. The van der Waals surface area contributed by atoms with Crippen molar-refractivity contribution >= 4 is 21.6 Å². The molecule has 0 aliphatic heterocycles. The van der Waals surface area contributed by atoms with Crippen LogP contribution in [0.1, 0.15) is 19.5 Å². The van der Waals surface area contributed by atoms with Gasteiger partial charge in [-0.3, -0.25) is 4.98 Å². The lowest BCUT2D eigenvalue weighted by Crippen LogP contribution is -2.08. The standard InChI is InChI=1S/C6H4BrF3N2.C2H6/c7-3-2-12-5(1-4(3)11)6(8,9)10;1-2/h1-2H,(H2,11,12);1-2H3. The fourth-order valence-electron chi connectivity index (χ4n) is 0.609. The van der Waals surface area contributed by atoms with Crippen molar-refractivity contribution in [2.24, 2.45) is 0 Å². The van der Waals surface area contributed by atoms with Crippen molar-refractivity contribution in [3.05, 3.63) is 22.4 Å². The number of hydrogen-bond donors (Lipinski definition) is 1. The van der Waals surface area contributed by atoms with Crippen LogP contribution in [0.25, 0.3) is 0 Å². The first kappa shape index (κ1) is 13.2. The molecule has 0 aromatic carbocycles. The van der Waals surface area contributed by atoms with Gasteiger partial charge in [0.1, 0.15) is 5.69 Å². The normalized spacial score (nSPS) is 10.4. The molecule has 0 amide bonds. The number of nitrogens with zero attached hydrogens (tertiary/aromatic N) is 1. The summed E-state index contributed by atoms with van der Waals surface area (Å²) in [6.45, 7) is 4.00. The first-order chi connectivity index (χ1) is 6.41. The van der Waals surface area contributed by atoms with E-state index in [9.17, 15) is 13.2 Å². The van der Waals surface area contributed by atoms with Gasteiger partial charge in [-0.2, -0.15) is 13.2 Å². The zero-order valence-electron chi connectivity index (χ0n) is 7.69. The first-order valence-corrected chi connectivity index (χ1v) is 4.69. The molecule has 1 rings (SSSR count). The molecule has 0 aliphatic carbocycles. The van der Waals surface area contributed by atoms with E-state index in [-0.39, 0.29) is 5.69 Å². The highest BCUT2D eigenvalue weighted by Gasteiger charge is 2.32. The summed E-state index contributed by atoms with van der Waals surface area (Å²) in [5.41, 5.74) is 4.27. The van der Waals surface area contributed by atoms with E-state index in [1.807, 2.05) is 13.8 Å². The van der Waals surface area contributed by atoms with E-state index in [2.05, 4.69) is 20.9 Å². The van der Waals surface area contributed by atoms with E-state index >= 15 is 0 Å². The molecule has 0 atom stereocenters. The summed E-state index contributed by atoms with van der Waals surface area (Å²) in [7, 11) is 0. The largest absolute Gasteiger partial charge is 0.433 e. The van der Waals surface area contributed by atoms with Crippen LogP contribution in [0.3, 0.4) is 0 Å². The van der Waals surface area contributed by atoms with Crippen molar-refractivity contribution < 1.29 is 13.2 Å². The Labute approximate surface area is 88.5 Å². The number of anilines is 1. The molecular weight excluding hydrogens is 261 g/mol. The topological polar surface area (TPSA) is 38.9 Å². The van der Waals surface area contributed by atoms with Crippen molar-refractivity contribution in [3.63, 3.8) is 0 Å². The number of nitrogens with two attached hydrogens (primary N) is 1. The third-order valence-electron chi connectivity index (χ3n) is 1.18. The molecule has 2 N–H and O–H groups in total. The highest BCUT2D eigenvalue weighted by Crippen LogP contribution is 2.30. The maximum Gasteiger partial charge on any atom is 0.433 e. The van der Waals surface area contributed by atoms with Gasteiger partial charge in [-0.1, -0.05) is 13.8 Å². The van der Waals surface area contributed by atoms with Crippen LogP contribution in [0.15, 0.2) is 16.7 Å². The van der Waals surface area contributed by atoms with E-state index < -0.39 is 11.9 Å². The lowest BCUT2D eigenvalue weighted by atomic mass is 10.3. The Morgan fingerprint density at radius 1 is 1.36 bits per heavy atom. The second-order valence-corrected chi connectivity index (χ2v) is 2.94. The van der Waals surface area contributed by atoms with Gasteiger partial charge in [0, 0.05) is 11.9 Å². The Hall–Kier alpha value is -0.780. The molecular formula is C8H10BrF3N2. The minimum Gasteiger partial charge on any atom is -0.398 e. The van der Waals surface area contributed by atoms with Crippen LogP contribution in [0.4, 0.5) is 18.9 Å². The quantitative estimate of drug-likeness (QED) is 0.784. The number of alkyl halides is 3. The molecule has 1 aromatic heterocycles. The van der Waals surface area contributed by atoms with Crippen molar-refractivity contribution in [1.29, 1.82) is 0 Å². The Bertz CT molecular complexity index is 299. The zero-order chi connectivity index (χ0) is 11.4. The molecule has 6 heteroatoms. The molecule has 80 valence electrons. The number of halogens is 4. The molecule has 0 saturated heterocycles. The van der Waals surface area contributed by atoms with Crippen LogP contribution < -0.4 is 5.73 Å². The molecule has 0 fully saturated rings. The van der Waals surface area contributed by atoms with Crippen molar-refractivity contribution in [2.75, 3.05) is 5.73 Å². The van der Waals surface area contributed by atoms with Gasteiger partial charge < -0.3 is 5.73 Å². The van der Waals surface area contributed by atoms with Crippen molar-refractivity contribution in [3.8, 4) is 0 Å². The van der Waals surface area contributed by atoms with Gasteiger partial charge >= 0.3 is 6.18 Å². The molecule has 2 nitrogen and oxygen atoms in total. The smallest absolute Gasteiger partial charge is 0.398 e. The molecule has 0 bridgehead atoms. The average molecular weight is 271 g/mol. The van der Waals surface area contributed by atoms with Crippen LogP contribution in [-0.4, -0.2) is 4.98 Å². The van der Waals surface area contributed by atoms with Gasteiger partial charge in [0.25, 0.3) is 0 Å². The molecule has 0 aliphatic rings. The Morgan fingerprint density at radius 2 is 1.86 bits per heavy atom. The predicted octanol–water partition coefficient (Wildman–Crippen LogP) is 3.47. The molecule has 0 spiro atoms. The minimum absolute atomic E-state index is 0.0253. The molecule has 0 radical (unpaired) electrons. The van der Waals surface area contributed by atoms with Crippen molar-refractivity contribution in [2.45, 2.75) is 20.0 Å². The van der Waals surface area contributed by atoms with Crippen LogP contribution >= 0.6 is 15.9 Å². The SMILES string of the molecule is CC.Nc1cc(C(F)(F)F)ncc1Br. The maximum atomic E-state index is 12.0. The van der Waals surface area contributed by atoms with E-state index in [1.165, 1.54) is 0 Å². The van der Waals surface area contributed by atoms with Gasteiger partial charge in [-0.25, -0.2) is 0 Å². The molecule has 14 heavy (non-hydrogen) atoms. The van der Waals surface area contributed by atoms with Gasteiger partial charge in [-0.05, 0) is 22.0 Å². The summed E-state index contributed by atoms with van der Waals surface area (Å²) in [6.07, 6.45) is -3.41. The molecule has 0 unspecified atom stereocenters. The predicted molar refractivity (Wildman–Crippen MR) is 52.7 cm³/mol. The summed E-state index contributed by atoms with van der Waals surface area (Å²) >= 11 is 2.94. The fraction of sp³-hybridized carbons (Fsp3) is 0.375. The van der Waals surface area contributed by atoms with Gasteiger partial charge in [0.2, 0.25) is 0 Å². The third kappa shape index (κ3) is 3.53. The van der Waals surface area contributed by atoms with E-state index in [4.69, 9.17) is 5.73 Å². The summed E-state index contributed by atoms with van der Waals surface area (Å²) < 4.78 is 36.3. The summed E-state index contributed by atoms with van der Waals surface area (Å²) in [5, 5.41) is 0. The van der Waals surface area contributed by atoms with Crippen LogP contribution in [0.5, 0.6) is 0 Å². The number of hydrogen-bond acceptors (Lipinski definition) is 2. The zero-order valence-corrected chi connectivity index (χ0v) is 9.28. The third-order valence-corrected chi connectivity index (χ3v) is 1.84. The summed E-state index contributed by atoms with van der Waals surface area (Å²) in [6, 6.07) is 0.782. The van der Waals surface area contributed by atoms with Gasteiger partial charge in [0.15, 0.2) is 0 Å². The lowest BCUT2D eigenvalue weighted by molar-refractivity contribution is -0.141. The van der Waals surface area contributed by atoms with Gasteiger partial charge in [0.05, 0.1) is 4.47 Å². The van der Waals surface area contributed by atoms with E-state index in [0.717, 1.165) is 12.3 Å². The van der Waals surface area contributed by atoms with Crippen LogP contribution in [0.2, 0.25) is 0 Å². The number of nitrogen functional groups attached to an aromatic ring is 1. The highest BCUT2D eigenvalue weighted by atomic mass is 79.9. The minimum atomic E-state index is -4.44. The van der Waals surface area contributed by atoms with Crippen molar-refractivity contribution in [1.82, 2.24) is 4.98 Å². The number of rotatable bonds is 0. The van der Waals surface area contributed by atoms with E-state index in [1.54, 1.807) is 0 Å². The Morgan fingerprint density at radius 3 is 2.21 bits per heavy atom. The second kappa shape index (κ2) is 5.19. The van der Waals surface area contributed by atoms with Crippen LogP contribution in [0, 0.1) is 0 Å². The molecule has 1 heterocycles. The molecule has 1 aromatic rings. The summed E-state index contributed by atoms with van der Waals surface area (Å²) in [4.78, 5) is 3.16.